The molecule has 1 saturated heterocycles. The highest BCUT2D eigenvalue weighted by atomic mass is 15.2. The molecule has 0 aliphatic carbocycles. The molecule has 2 atom stereocenters. The Bertz CT molecular complexity index is 309. The van der Waals surface area contributed by atoms with Crippen molar-refractivity contribution in [3.63, 3.8) is 0 Å². The SMILES string of the molecule is CCCN1CCC(CNC)C1c1ccccc1. The number of benzene rings is 1. The standard InChI is InChI=1S/C15H24N2/c1-3-10-17-11-9-14(12-16-2)15(17)13-7-5-4-6-8-13/h4-8,14-16H,3,9-12H2,1-2H3. The molecule has 1 aliphatic heterocycles. The van der Waals surface area contributed by atoms with E-state index >= 15 is 0 Å². The van der Waals surface area contributed by atoms with E-state index in [4.69, 9.17) is 0 Å². The third kappa shape index (κ3) is 2.88. The van der Waals surface area contributed by atoms with Gasteiger partial charge in [-0.1, -0.05) is 37.3 Å². The molecule has 1 heterocycles. The summed E-state index contributed by atoms with van der Waals surface area (Å²) in [6, 6.07) is 11.6. The highest BCUT2D eigenvalue weighted by Crippen LogP contribution is 2.36. The summed E-state index contributed by atoms with van der Waals surface area (Å²) >= 11 is 0. The Morgan fingerprint density at radius 3 is 2.71 bits per heavy atom. The first kappa shape index (κ1) is 12.6. The van der Waals surface area contributed by atoms with Gasteiger partial charge in [0.25, 0.3) is 0 Å². The van der Waals surface area contributed by atoms with Gasteiger partial charge in [0, 0.05) is 6.04 Å². The molecule has 1 aromatic rings. The largest absolute Gasteiger partial charge is 0.319 e. The molecule has 2 rings (SSSR count). The molecule has 1 aromatic carbocycles. The van der Waals surface area contributed by atoms with E-state index in [1.807, 2.05) is 0 Å². The fraction of sp³-hybridized carbons (Fsp3) is 0.600. The van der Waals surface area contributed by atoms with E-state index in [9.17, 15) is 0 Å². The summed E-state index contributed by atoms with van der Waals surface area (Å²) in [5.74, 6) is 0.758. The first-order chi connectivity index (χ1) is 8.36. The minimum atomic E-state index is 0.614. The summed E-state index contributed by atoms with van der Waals surface area (Å²) in [5, 5.41) is 3.35. The van der Waals surface area contributed by atoms with Gasteiger partial charge >= 0.3 is 0 Å². The van der Waals surface area contributed by atoms with Gasteiger partial charge in [-0.3, -0.25) is 4.90 Å². The molecule has 0 bridgehead atoms. The highest BCUT2D eigenvalue weighted by molar-refractivity contribution is 5.21. The minimum Gasteiger partial charge on any atom is -0.319 e. The van der Waals surface area contributed by atoms with Gasteiger partial charge in [-0.25, -0.2) is 0 Å². The lowest BCUT2D eigenvalue weighted by atomic mass is 9.93. The third-order valence-corrected chi connectivity index (χ3v) is 3.75. The predicted octanol–water partition coefficient (Wildman–Crippen LogP) is 2.68. The van der Waals surface area contributed by atoms with Crippen LogP contribution < -0.4 is 5.32 Å². The first-order valence-electron chi connectivity index (χ1n) is 6.80. The van der Waals surface area contributed by atoms with Crippen LogP contribution in [0.25, 0.3) is 0 Å². The number of likely N-dealkylation sites (tertiary alicyclic amines) is 1. The maximum atomic E-state index is 3.35. The summed E-state index contributed by atoms with van der Waals surface area (Å²) in [6.07, 6.45) is 2.57. The van der Waals surface area contributed by atoms with E-state index in [-0.39, 0.29) is 0 Å². The van der Waals surface area contributed by atoms with Crippen LogP contribution in [0.15, 0.2) is 30.3 Å². The monoisotopic (exact) mass is 232 g/mol. The Morgan fingerprint density at radius 2 is 2.06 bits per heavy atom. The summed E-state index contributed by atoms with van der Waals surface area (Å²) in [7, 11) is 2.06. The van der Waals surface area contributed by atoms with Crippen LogP contribution >= 0.6 is 0 Å². The summed E-state index contributed by atoms with van der Waals surface area (Å²) < 4.78 is 0. The number of nitrogens with zero attached hydrogens (tertiary/aromatic N) is 1. The minimum absolute atomic E-state index is 0.614. The molecule has 94 valence electrons. The molecule has 2 nitrogen and oxygen atoms in total. The lowest BCUT2D eigenvalue weighted by Crippen LogP contribution is -2.29. The van der Waals surface area contributed by atoms with Crippen LogP contribution in [0.4, 0.5) is 0 Å². The summed E-state index contributed by atoms with van der Waals surface area (Å²) in [5.41, 5.74) is 1.48. The molecule has 2 unspecified atom stereocenters. The zero-order valence-electron chi connectivity index (χ0n) is 11.0. The molecule has 0 radical (unpaired) electrons. The second-order valence-electron chi connectivity index (χ2n) is 5.00. The summed E-state index contributed by atoms with van der Waals surface area (Å²) in [6.45, 7) is 5.87. The van der Waals surface area contributed by atoms with E-state index in [0.717, 1.165) is 12.5 Å². The van der Waals surface area contributed by atoms with Crippen molar-refractivity contribution in [1.82, 2.24) is 10.2 Å². The van der Waals surface area contributed by atoms with Crippen molar-refractivity contribution in [2.45, 2.75) is 25.8 Å². The Morgan fingerprint density at radius 1 is 1.29 bits per heavy atom. The van der Waals surface area contributed by atoms with E-state index in [2.05, 4.69) is 54.5 Å². The van der Waals surface area contributed by atoms with E-state index in [1.165, 1.54) is 31.5 Å². The Hall–Kier alpha value is -0.860. The number of nitrogens with one attached hydrogen (secondary N) is 1. The van der Waals surface area contributed by atoms with Crippen molar-refractivity contribution >= 4 is 0 Å². The van der Waals surface area contributed by atoms with Crippen LogP contribution in [0, 0.1) is 5.92 Å². The van der Waals surface area contributed by atoms with Gasteiger partial charge < -0.3 is 5.32 Å². The quantitative estimate of drug-likeness (QED) is 0.839. The van der Waals surface area contributed by atoms with Gasteiger partial charge in [-0.2, -0.15) is 0 Å². The second-order valence-corrected chi connectivity index (χ2v) is 5.00. The van der Waals surface area contributed by atoms with Crippen LogP contribution in [0.5, 0.6) is 0 Å². The normalized spacial score (nSPS) is 25.3. The van der Waals surface area contributed by atoms with Gasteiger partial charge in [-0.05, 0) is 51.0 Å². The van der Waals surface area contributed by atoms with Gasteiger partial charge in [0.2, 0.25) is 0 Å². The van der Waals surface area contributed by atoms with Gasteiger partial charge in [0.15, 0.2) is 0 Å². The molecule has 0 saturated carbocycles. The molecular weight excluding hydrogens is 208 g/mol. The second kappa shape index (κ2) is 6.18. The van der Waals surface area contributed by atoms with Crippen molar-refractivity contribution in [2.24, 2.45) is 5.92 Å². The van der Waals surface area contributed by atoms with Crippen molar-refractivity contribution < 1.29 is 0 Å². The maximum absolute atomic E-state index is 3.35. The zero-order chi connectivity index (χ0) is 12.1. The van der Waals surface area contributed by atoms with Crippen molar-refractivity contribution in [3.8, 4) is 0 Å². The Labute approximate surface area is 105 Å². The maximum Gasteiger partial charge on any atom is 0.0388 e. The lowest BCUT2D eigenvalue weighted by molar-refractivity contribution is 0.227. The Balaban J connectivity index is 2.17. The highest BCUT2D eigenvalue weighted by Gasteiger charge is 2.33. The van der Waals surface area contributed by atoms with E-state index in [0.29, 0.717) is 6.04 Å². The molecule has 1 aliphatic rings. The molecule has 1 fully saturated rings. The van der Waals surface area contributed by atoms with Gasteiger partial charge in [-0.15, -0.1) is 0 Å². The van der Waals surface area contributed by atoms with Crippen molar-refractivity contribution in [2.75, 3.05) is 26.7 Å². The number of rotatable bonds is 5. The van der Waals surface area contributed by atoms with Crippen molar-refractivity contribution in [3.05, 3.63) is 35.9 Å². The average molecular weight is 232 g/mol. The third-order valence-electron chi connectivity index (χ3n) is 3.75. The van der Waals surface area contributed by atoms with E-state index < -0.39 is 0 Å². The van der Waals surface area contributed by atoms with Gasteiger partial charge in [0.1, 0.15) is 0 Å². The number of hydrogen-bond acceptors (Lipinski definition) is 2. The van der Waals surface area contributed by atoms with Crippen LogP contribution in [-0.4, -0.2) is 31.6 Å². The average Bonchev–Trinajstić information content (AvgIpc) is 2.74. The van der Waals surface area contributed by atoms with Gasteiger partial charge in [0.05, 0.1) is 0 Å². The van der Waals surface area contributed by atoms with Crippen molar-refractivity contribution in [1.29, 1.82) is 0 Å². The lowest BCUT2D eigenvalue weighted by Gasteiger charge is -2.28. The molecular formula is C15H24N2. The summed E-state index contributed by atoms with van der Waals surface area (Å²) in [4.78, 5) is 2.65. The molecule has 2 heteroatoms. The van der Waals surface area contributed by atoms with Crippen LogP contribution in [0.1, 0.15) is 31.4 Å². The molecule has 0 amide bonds. The molecule has 1 N–H and O–H groups in total. The van der Waals surface area contributed by atoms with Crippen LogP contribution in [0.3, 0.4) is 0 Å². The fourth-order valence-corrected chi connectivity index (χ4v) is 3.07. The molecule has 0 aromatic heterocycles. The zero-order valence-corrected chi connectivity index (χ0v) is 11.0. The molecule has 0 spiro atoms. The predicted molar refractivity (Wildman–Crippen MR) is 73.1 cm³/mol. The van der Waals surface area contributed by atoms with E-state index in [1.54, 1.807) is 0 Å². The Kier molecular flexibility index (Phi) is 4.57. The van der Waals surface area contributed by atoms with Crippen LogP contribution in [0.2, 0.25) is 0 Å². The fourth-order valence-electron chi connectivity index (χ4n) is 3.07. The number of hydrogen-bond donors (Lipinski definition) is 1. The smallest absolute Gasteiger partial charge is 0.0388 e. The molecule has 17 heavy (non-hydrogen) atoms. The topological polar surface area (TPSA) is 15.3 Å². The first-order valence-corrected chi connectivity index (χ1v) is 6.80. The van der Waals surface area contributed by atoms with Crippen LogP contribution in [-0.2, 0) is 0 Å².